The third kappa shape index (κ3) is 6.17. The van der Waals surface area contributed by atoms with Gasteiger partial charge >= 0.3 is 11.9 Å². The average molecular weight is 440 g/mol. The number of carboxylic acid groups (broad SMARTS) is 2. The number of carboxylic acids is 2. The molecule has 4 fully saturated rings. The Balaban J connectivity index is 0.000000377. The van der Waals surface area contributed by atoms with E-state index in [1.807, 2.05) is 24.3 Å². The number of hydrogen-bond acceptors (Lipinski definition) is 5. The van der Waals surface area contributed by atoms with Crippen LogP contribution in [0.2, 0.25) is 5.02 Å². The van der Waals surface area contributed by atoms with Crippen LogP contribution in [0.3, 0.4) is 0 Å². The third-order valence-electron chi connectivity index (χ3n) is 6.46. The van der Waals surface area contributed by atoms with Gasteiger partial charge in [-0.3, -0.25) is 0 Å². The number of carbonyl (C=O) groups is 2. The first-order valence-electron chi connectivity index (χ1n) is 10.5. The summed E-state index contributed by atoms with van der Waals surface area (Å²) in [7, 11) is 0. The van der Waals surface area contributed by atoms with Gasteiger partial charge in [-0.15, -0.1) is 0 Å². The highest BCUT2D eigenvalue weighted by atomic mass is 35.5. The maximum absolute atomic E-state index is 10.3. The van der Waals surface area contributed by atoms with Gasteiger partial charge in [-0.2, -0.15) is 0 Å². The molecule has 1 aromatic rings. The molecule has 0 heterocycles. The van der Waals surface area contributed by atoms with E-state index >= 15 is 0 Å². The maximum atomic E-state index is 10.3. The lowest BCUT2D eigenvalue weighted by atomic mass is 9.53. The van der Waals surface area contributed by atoms with E-state index in [4.69, 9.17) is 36.1 Å². The molecule has 4 aliphatic rings. The normalized spacial score (nSPS) is 29.7. The van der Waals surface area contributed by atoms with Gasteiger partial charge in [0.15, 0.2) is 0 Å². The molecule has 1 aromatic carbocycles. The Bertz CT molecular complexity index is 708. The topological polar surface area (TPSA) is 116 Å². The van der Waals surface area contributed by atoms with Crippen LogP contribution in [0, 0.1) is 17.8 Å². The lowest BCUT2D eigenvalue weighted by molar-refractivity contribution is -0.159. The van der Waals surface area contributed by atoms with Gasteiger partial charge in [-0.1, -0.05) is 29.8 Å². The van der Waals surface area contributed by atoms with Gasteiger partial charge in [-0.05, 0) is 67.9 Å². The van der Waals surface area contributed by atoms with Crippen LogP contribution in [-0.4, -0.2) is 52.1 Å². The van der Waals surface area contributed by atoms with Crippen molar-refractivity contribution in [3.8, 4) is 0 Å². The Hall–Kier alpha value is -1.67. The first-order chi connectivity index (χ1) is 14.3. The minimum absolute atomic E-state index is 0.304. The first-order valence-corrected chi connectivity index (χ1v) is 10.8. The fourth-order valence-electron chi connectivity index (χ4n) is 5.64. The predicted octanol–water partition coefficient (Wildman–Crippen LogP) is 2.93. The van der Waals surface area contributed by atoms with Crippen molar-refractivity contribution in [3.63, 3.8) is 0 Å². The van der Waals surface area contributed by atoms with E-state index in [2.05, 4.69) is 5.32 Å². The number of aliphatic hydroxyl groups is 1. The SMILES string of the molecule is O=C(O)C(=O)O.OC(CNC12CC3CC(CC(C3)C1)C2)COCc1ccccc1Cl. The van der Waals surface area contributed by atoms with Crippen LogP contribution in [-0.2, 0) is 20.9 Å². The number of aliphatic carboxylic acids is 2. The van der Waals surface area contributed by atoms with Crippen LogP contribution >= 0.6 is 11.6 Å². The molecule has 0 amide bonds. The molecule has 7 nitrogen and oxygen atoms in total. The molecule has 0 aromatic heterocycles. The van der Waals surface area contributed by atoms with E-state index in [0.29, 0.717) is 25.3 Å². The second kappa shape index (κ2) is 10.1. The zero-order valence-electron chi connectivity index (χ0n) is 16.9. The van der Waals surface area contributed by atoms with Gasteiger partial charge < -0.3 is 25.4 Å². The number of nitrogens with one attached hydrogen (secondary N) is 1. The largest absolute Gasteiger partial charge is 0.473 e. The Labute approximate surface area is 181 Å². The van der Waals surface area contributed by atoms with Crippen LogP contribution < -0.4 is 5.32 Å². The summed E-state index contributed by atoms with van der Waals surface area (Å²) in [6.45, 7) is 1.44. The van der Waals surface area contributed by atoms with Crippen molar-refractivity contribution < 1.29 is 29.6 Å². The monoisotopic (exact) mass is 439 g/mol. The quantitative estimate of drug-likeness (QED) is 0.482. The molecular weight excluding hydrogens is 410 g/mol. The highest BCUT2D eigenvalue weighted by molar-refractivity contribution is 6.31. The second-order valence-corrected chi connectivity index (χ2v) is 9.36. The maximum Gasteiger partial charge on any atom is 0.414 e. The Kier molecular flexibility index (Phi) is 7.74. The molecule has 4 bridgehead atoms. The highest BCUT2D eigenvalue weighted by Crippen LogP contribution is 2.55. The van der Waals surface area contributed by atoms with Crippen molar-refractivity contribution >= 4 is 23.5 Å². The average Bonchev–Trinajstić information content (AvgIpc) is 2.67. The van der Waals surface area contributed by atoms with Crippen molar-refractivity contribution in [2.75, 3.05) is 13.2 Å². The van der Waals surface area contributed by atoms with Crippen LogP contribution in [0.4, 0.5) is 0 Å². The second-order valence-electron chi connectivity index (χ2n) is 8.95. The van der Waals surface area contributed by atoms with Gasteiger partial charge in [0.1, 0.15) is 0 Å². The smallest absolute Gasteiger partial charge is 0.414 e. The Morgan fingerprint density at radius 3 is 2.10 bits per heavy atom. The summed E-state index contributed by atoms with van der Waals surface area (Å²) in [5.41, 5.74) is 1.28. The minimum atomic E-state index is -1.82. The van der Waals surface area contributed by atoms with E-state index in [0.717, 1.165) is 28.3 Å². The summed E-state index contributed by atoms with van der Waals surface area (Å²) in [6.07, 6.45) is 7.82. The molecule has 166 valence electrons. The van der Waals surface area contributed by atoms with Gasteiger partial charge in [-0.25, -0.2) is 9.59 Å². The number of hydrogen-bond donors (Lipinski definition) is 4. The number of β-amino-alcohol motifs (C(OH)–C–C–N with tert-alkyl or cyclic N) is 1. The number of benzene rings is 1. The van der Waals surface area contributed by atoms with Gasteiger partial charge in [0.25, 0.3) is 0 Å². The molecule has 8 heteroatoms. The molecule has 4 aliphatic carbocycles. The number of aliphatic hydroxyl groups excluding tert-OH is 1. The summed E-state index contributed by atoms with van der Waals surface area (Å²) >= 11 is 6.12. The summed E-state index contributed by atoms with van der Waals surface area (Å²) in [5.74, 6) is -0.864. The molecular formula is C22H30ClNO6. The molecule has 0 radical (unpaired) electrons. The van der Waals surface area contributed by atoms with Crippen molar-refractivity contribution in [1.29, 1.82) is 0 Å². The van der Waals surface area contributed by atoms with Crippen molar-refractivity contribution in [2.24, 2.45) is 17.8 Å². The Morgan fingerprint density at radius 1 is 1.07 bits per heavy atom. The Morgan fingerprint density at radius 2 is 1.60 bits per heavy atom. The minimum Gasteiger partial charge on any atom is -0.473 e. The molecule has 5 rings (SSSR count). The number of rotatable bonds is 7. The van der Waals surface area contributed by atoms with Crippen LogP contribution in [0.1, 0.15) is 44.1 Å². The summed E-state index contributed by atoms with van der Waals surface area (Å²) in [5, 5.41) is 29.5. The lowest BCUT2D eigenvalue weighted by Crippen LogP contribution is -2.59. The molecule has 1 unspecified atom stereocenters. The van der Waals surface area contributed by atoms with Gasteiger partial charge in [0, 0.05) is 17.1 Å². The van der Waals surface area contributed by atoms with Crippen LogP contribution in [0.15, 0.2) is 24.3 Å². The molecule has 30 heavy (non-hydrogen) atoms. The molecule has 0 aliphatic heterocycles. The van der Waals surface area contributed by atoms with E-state index in [9.17, 15) is 5.11 Å². The summed E-state index contributed by atoms with van der Waals surface area (Å²) < 4.78 is 5.66. The van der Waals surface area contributed by atoms with E-state index in [1.54, 1.807) is 0 Å². The molecule has 0 saturated heterocycles. The molecule has 4 N–H and O–H groups in total. The zero-order chi connectivity index (χ0) is 21.7. The van der Waals surface area contributed by atoms with E-state index < -0.39 is 18.0 Å². The fourth-order valence-corrected chi connectivity index (χ4v) is 5.83. The predicted molar refractivity (Wildman–Crippen MR) is 111 cm³/mol. The number of ether oxygens (including phenoxy) is 1. The van der Waals surface area contributed by atoms with Gasteiger partial charge in [0.2, 0.25) is 0 Å². The lowest BCUT2D eigenvalue weighted by Gasteiger charge is -2.57. The molecule has 4 saturated carbocycles. The van der Waals surface area contributed by atoms with Crippen molar-refractivity contribution in [2.45, 2.75) is 56.8 Å². The van der Waals surface area contributed by atoms with Crippen molar-refractivity contribution in [3.05, 3.63) is 34.9 Å². The molecule has 1 atom stereocenters. The summed E-state index contributed by atoms with van der Waals surface area (Å²) in [6, 6.07) is 7.69. The van der Waals surface area contributed by atoms with Crippen LogP contribution in [0.5, 0.6) is 0 Å². The third-order valence-corrected chi connectivity index (χ3v) is 6.83. The molecule has 0 spiro atoms. The van der Waals surface area contributed by atoms with E-state index in [-0.39, 0.29) is 0 Å². The highest BCUT2D eigenvalue weighted by Gasteiger charge is 2.50. The standard InChI is InChI=1S/C20H28ClNO2.C2H2O4/c21-19-4-2-1-3-17(19)12-24-13-18(23)11-22-20-8-14-5-15(9-20)7-16(6-14)10-20;3-1(4)2(5)6/h1-4,14-16,18,22-23H,5-13H2;(H,3,4)(H,5,6). The fraction of sp³-hybridized carbons (Fsp3) is 0.636. The zero-order valence-corrected chi connectivity index (χ0v) is 17.7. The van der Waals surface area contributed by atoms with E-state index in [1.165, 1.54) is 38.5 Å². The summed E-state index contributed by atoms with van der Waals surface area (Å²) in [4.78, 5) is 18.2. The first kappa shape index (κ1) is 23.0. The van der Waals surface area contributed by atoms with Crippen LogP contribution in [0.25, 0.3) is 0 Å². The van der Waals surface area contributed by atoms with Crippen molar-refractivity contribution in [1.82, 2.24) is 5.32 Å². The number of halogens is 1. The van der Waals surface area contributed by atoms with Gasteiger partial charge in [0.05, 0.1) is 19.3 Å².